The monoisotopic (exact) mass is 726 g/mol. The Morgan fingerprint density at radius 3 is 2.44 bits per heavy atom. The van der Waals surface area contributed by atoms with Gasteiger partial charge in [-0.25, -0.2) is 0 Å². The molecule has 0 fully saturated rings. The first-order valence-corrected chi connectivity index (χ1v) is 15.6. The molecular formula is C34H35IN2O8. The second kappa shape index (κ2) is 14.8. The molecule has 0 aliphatic heterocycles. The highest BCUT2D eigenvalue weighted by atomic mass is 127. The summed E-state index contributed by atoms with van der Waals surface area (Å²) in [6.07, 6.45) is -0.111. The first-order valence-electron chi connectivity index (χ1n) is 14.5. The van der Waals surface area contributed by atoms with Crippen LogP contribution in [-0.2, 0) is 11.2 Å². The first-order chi connectivity index (χ1) is 21.8. The Morgan fingerprint density at radius 2 is 1.71 bits per heavy atom. The van der Waals surface area contributed by atoms with Crippen LogP contribution < -0.4 is 19.5 Å². The van der Waals surface area contributed by atoms with E-state index in [2.05, 4.69) is 27.9 Å². The molecule has 3 N–H and O–H groups in total. The summed E-state index contributed by atoms with van der Waals surface area (Å²) in [6, 6.07) is 21.0. The minimum atomic E-state index is -1.20. The molecule has 10 nitrogen and oxygen atoms in total. The predicted molar refractivity (Wildman–Crippen MR) is 177 cm³/mol. The van der Waals surface area contributed by atoms with Crippen molar-refractivity contribution < 1.29 is 38.4 Å². The van der Waals surface area contributed by atoms with Crippen molar-refractivity contribution in [2.75, 3.05) is 33.9 Å². The topological polar surface area (TPSA) is 131 Å². The maximum atomic E-state index is 14.4. The Morgan fingerprint density at radius 1 is 1.00 bits per heavy atom. The van der Waals surface area contributed by atoms with Crippen LogP contribution >= 0.6 is 22.6 Å². The van der Waals surface area contributed by atoms with Crippen molar-refractivity contribution in [3.05, 3.63) is 99.3 Å². The lowest BCUT2D eigenvalue weighted by Gasteiger charge is -2.40. The van der Waals surface area contributed by atoms with Gasteiger partial charge in [0.05, 0.1) is 30.4 Å². The number of halogens is 1. The average molecular weight is 727 g/mol. The fourth-order valence-corrected chi connectivity index (χ4v) is 5.99. The fraction of sp³-hybridized carbons (Fsp3) is 0.294. The van der Waals surface area contributed by atoms with E-state index < -0.39 is 30.1 Å². The number of hydrogen-bond donors (Lipinski definition) is 3. The van der Waals surface area contributed by atoms with Gasteiger partial charge in [0, 0.05) is 30.5 Å². The molecule has 0 radical (unpaired) electrons. The summed E-state index contributed by atoms with van der Waals surface area (Å²) in [4.78, 5) is 29.1. The number of hydrogen-bond acceptors (Lipinski definition) is 8. The van der Waals surface area contributed by atoms with E-state index in [1.807, 2.05) is 54.6 Å². The van der Waals surface area contributed by atoms with E-state index in [1.54, 1.807) is 36.3 Å². The molecule has 2 amide bonds. The summed E-state index contributed by atoms with van der Waals surface area (Å²) in [6.45, 7) is 0.00521. The minimum Gasteiger partial charge on any atom is -0.496 e. The zero-order valence-corrected chi connectivity index (χ0v) is 27.1. The molecule has 1 heterocycles. The second-order valence-corrected chi connectivity index (χ2v) is 11.7. The van der Waals surface area contributed by atoms with Crippen molar-refractivity contribution in [1.29, 1.82) is 0 Å². The second-order valence-electron chi connectivity index (χ2n) is 10.5. The van der Waals surface area contributed by atoms with E-state index >= 15 is 0 Å². The Bertz CT molecular complexity index is 1690. The minimum absolute atomic E-state index is 0.0470. The highest BCUT2D eigenvalue weighted by Gasteiger charge is 2.41. The molecule has 0 saturated heterocycles. The Labute approximate surface area is 274 Å². The summed E-state index contributed by atoms with van der Waals surface area (Å²) < 4.78 is 24.1. The number of rotatable bonds is 12. The van der Waals surface area contributed by atoms with E-state index in [1.165, 1.54) is 7.11 Å². The van der Waals surface area contributed by atoms with Crippen LogP contribution in [-0.4, -0.2) is 79.1 Å². The molecular weight excluding hydrogens is 691 g/mol. The number of methoxy groups -OCH3 is 2. The molecule has 0 bridgehead atoms. The summed E-state index contributed by atoms with van der Waals surface area (Å²) in [5.74, 6) is 0.885. The highest BCUT2D eigenvalue weighted by molar-refractivity contribution is 14.1. The summed E-state index contributed by atoms with van der Waals surface area (Å²) in [5, 5.41) is 24.5. The van der Waals surface area contributed by atoms with Gasteiger partial charge in [-0.3, -0.25) is 9.59 Å². The summed E-state index contributed by atoms with van der Waals surface area (Å²) in [7, 11) is 3.11. The average Bonchev–Trinajstić information content (AvgIpc) is 3.51. The van der Waals surface area contributed by atoms with Gasteiger partial charge in [0.15, 0.2) is 17.1 Å². The highest BCUT2D eigenvalue weighted by Crippen LogP contribution is 2.33. The maximum absolute atomic E-state index is 14.4. The number of nitrogens with zero attached hydrogens (tertiary/aromatic N) is 1. The number of carbonyl (C=O) groups is 2. The molecule has 4 aromatic rings. The van der Waals surface area contributed by atoms with Crippen molar-refractivity contribution in [1.82, 2.24) is 10.2 Å². The van der Waals surface area contributed by atoms with Crippen LogP contribution in [0.1, 0.15) is 22.5 Å². The lowest BCUT2D eigenvalue weighted by atomic mass is 9.87. The van der Waals surface area contributed by atoms with Crippen molar-refractivity contribution in [3.8, 4) is 17.2 Å². The van der Waals surface area contributed by atoms with E-state index in [-0.39, 0.29) is 31.9 Å². The van der Waals surface area contributed by atoms with Gasteiger partial charge in [-0.15, -0.1) is 0 Å². The van der Waals surface area contributed by atoms with Gasteiger partial charge in [0.2, 0.25) is 5.91 Å². The molecule has 3 atom stereocenters. The van der Waals surface area contributed by atoms with Crippen LogP contribution in [0.4, 0.5) is 0 Å². The zero-order valence-electron chi connectivity index (χ0n) is 24.9. The smallest absolute Gasteiger partial charge is 0.289 e. The van der Waals surface area contributed by atoms with Gasteiger partial charge in [-0.05, 0) is 71.0 Å². The van der Waals surface area contributed by atoms with Crippen molar-refractivity contribution >= 4 is 45.4 Å². The normalized spacial score (nSPS) is 17.8. The SMILES string of the molecule is COc1ccccc1CCN(C(=O)c1cc2cccc(OC)c2o1)C1CC(C(=O)NCCO)=CC(Oc2ccccc2I)C1O. The molecule has 1 aliphatic carbocycles. The summed E-state index contributed by atoms with van der Waals surface area (Å²) in [5.41, 5.74) is 1.63. The largest absolute Gasteiger partial charge is 0.496 e. The maximum Gasteiger partial charge on any atom is 0.289 e. The molecule has 11 heteroatoms. The van der Waals surface area contributed by atoms with Crippen LogP contribution in [0.25, 0.3) is 11.0 Å². The van der Waals surface area contributed by atoms with Gasteiger partial charge < -0.3 is 39.1 Å². The number of nitrogens with one attached hydrogen (secondary N) is 1. The number of furan rings is 1. The molecule has 0 spiro atoms. The fourth-order valence-electron chi connectivity index (χ4n) is 5.48. The number of fused-ring (bicyclic) bond motifs is 1. The molecule has 3 aromatic carbocycles. The lowest BCUT2D eigenvalue weighted by Crippen LogP contribution is -2.55. The Hall–Kier alpha value is -4.07. The standard InChI is InChI=1S/C34H35IN2O8/c1-42-26-11-5-3-8-21(26)14-16-37(34(41)30-19-22-9-7-13-28(43-2)32(22)45-30)25-18-23(33(40)36-15-17-38)20-29(31(25)39)44-27-12-6-4-10-24(27)35/h3-13,19-20,25,29,31,38-39H,14-18H2,1-2H3,(H,36,40). The third-order valence-electron chi connectivity index (χ3n) is 7.73. The first kappa shape index (κ1) is 32.3. The van der Waals surface area contributed by atoms with Crippen molar-refractivity contribution in [2.45, 2.75) is 31.1 Å². The molecule has 45 heavy (non-hydrogen) atoms. The molecule has 3 unspecified atom stereocenters. The zero-order chi connectivity index (χ0) is 31.9. The molecule has 5 rings (SSSR count). The third kappa shape index (κ3) is 7.26. The number of amides is 2. The van der Waals surface area contributed by atoms with Crippen LogP contribution in [0.5, 0.6) is 17.2 Å². The Balaban J connectivity index is 1.54. The van der Waals surface area contributed by atoms with Gasteiger partial charge in [0.1, 0.15) is 23.7 Å². The van der Waals surface area contributed by atoms with E-state index in [0.717, 1.165) is 9.13 Å². The van der Waals surface area contributed by atoms with Gasteiger partial charge in [-0.1, -0.05) is 42.5 Å². The number of aliphatic hydroxyl groups is 2. The lowest BCUT2D eigenvalue weighted by molar-refractivity contribution is -0.118. The van der Waals surface area contributed by atoms with Gasteiger partial charge in [0.25, 0.3) is 5.91 Å². The quantitative estimate of drug-likeness (QED) is 0.184. The van der Waals surface area contributed by atoms with Crippen LogP contribution in [0, 0.1) is 3.57 Å². The van der Waals surface area contributed by atoms with Crippen LogP contribution in [0.15, 0.2) is 88.9 Å². The van der Waals surface area contributed by atoms with Crippen LogP contribution in [0.2, 0.25) is 0 Å². The molecule has 1 aliphatic rings. The number of benzene rings is 3. The van der Waals surface area contributed by atoms with Crippen molar-refractivity contribution in [3.63, 3.8) is 0 Å². The van der Waals surface area contributed by atoms with Gasteiger partial charge >= 0.3 is 0 Å². The van der Waals surface area contributed by atoms with E-state index in [0.29, 0.717) is 40.2 Å². The molecule has 236 valence electrons. The third-order valence-corrected chi connectivity index (χ3v) is 8.62. The molecule has 1 aromatic heterocycles. The molecule has 0 saturated carbocycles. The van der Waals surface area contributed by atoms with Crippen LogP contribution in [0.3, 0.4) is 0 Å². The number of para-hydroxylation sites is 3. The number of carbonyl (C=O) groups excluding carboxylic acids is 2. The summed E-state index contributed by atoms with van der Waals surface area (Å²) >= 11 is 2.14. The van der Waals surface area contributed by atoms with E-state index in [4.69, 9.17) is 18.6 Å². The van der Waals surface area contributed by atoms with E-state index in [9.17, 15) is 19.8 Å². The van der Waals surface area contributed by atoms with Gasteiger partial charge in [-0.2, -0.15) is 0 Å². The van der Waals surface area contributed by atoms with Crippen molar-refractivity contribution in [2.24, 2.45) is 0 Å². The number of ether oxygens (including phenoxy) is 3. The Kier molecular flexibility index (Phi) is 10.6. The number of aliphatic hydroxyl groups excluding tert-OH is 2. The predicted octanol–water partition coefficient (Wildman–Crippen LogP) is 4.36.